The molecule has 0 saturated heterocycles. The number of aromatic nitrogens is 3. The SMILES string of the molecule is Cc1ccc(OCC(O)Cn2cncn2)cc1. The van der Waals surface area contributed by atoms with Gasteiger partial charge in [-0.1, -0.05) is 17.7 Å². The van der Waals surface area contributed by atoms with Crippen LogP contribution in [0.5, 0.6) is 5.75 Å². The first-order valence-corrected chi connectivity index (χ1v) is 5.44. The number of hydrogen-bond acceptors (Lipinski definition) is 4. The van der Waals surface area contributed by atoms with Crippen LogP contribution in [0.3, 0.4) is 0 Å². The fourth-order valence-electron chi connectivity index (χ4n) is 1.42. The highest BCUT2D eigenvalue weighted by Crippen LogP contribution is 2.11. The Kier molecular flexibility index (Phi) is 3.72. The zero-order valence-corrected chi connectivity index (χ0v) is 9.65. The molecule has 0 spiro atoms. The van der Waals surface area contributed by atoms with Crippen molar-refractivity contribution in [2.75, 3.05) is 6.61 Å². The van der Waals surface area contributed by atoms with Gasteiger partial charge in [0.15, 0.2) is 0 Å². The predicted molar refractivity (Wildman–Crippen MR) is 62.7 cm³/mol. The second-order valence-electron chi connectivity index (χ2n) is 3.90. The third-order valence-electron chi connectivity index (χ3n) is 2.33. The molecule has 0 aliphatic rings. The van der Waals surface area contributed by atoms with E-state index in [1.54, 1.807) is 11.0 Å². The van der Waals surface area contributed by atoms with Gasteiger partial charge in [-0.3, -0.25) is 4.68 Å². The van der Waals surface area contributed by atoms with Crippen molar-refractivity contribution in [3.63, 3.8) is 0 Å². The van der Waals surface area contributed by atoms with Crippen molar-refractivity contribution in [3.05, 3.63) is 42.5 Å². The standard InChI is InChI=1S/C12H15N3O2/c1-10-2-4-12(5-3-10)17-7-11(16)6-15-9-13-8-14-15/h2-5,8-9,11,16H,6-7H2,1H3. The molecule has 0 bridgehead atoms. The maximum absolute atomic E-state index is 9.72. The lowest BCUT2D eigenvalue weighted by Gasteiger charge is -2.12. The van der Waals surface area contributed by atoms with Gasteiger partial charge in [-0.05, 0) is 19.1 Å². The minimum absolute atomic E-state index is 0.239. The van der Waals surface area contributed by atoms with Gasteiger partial charge in [0.1, 0.15) is 31.1 Å². The van der Waals surface area contributed by atoms with Crippen molar-refractivity contribution in [1.29, 1.82) is 0 Å². The Bertz CT molecular complexity index is 439. The van der Waals surface area contributed by atoms with Crippen LogP contribution in [-0.4, -0.2) is 32.6 Å². The van der Waals surface area contributed by atoms with Crippen molar-refractivity contribution in [3.8, 4) is 5.75 Å². The monoisotopic (exact) mass is 233 g/mol. The molecule has 1 N–H and O–H groups in total. The molecule has 5 nitrogen and oxygen atoms in total. The number of nitrogens with zero attached hydrogens (tertiary/aromatic N) is 3. The number of aliphatic hydroxyl groups is 1. The lowest BCUT2D eigenvalue weighted by Crippen LogP contribution is -2.23. The summed E-state index contributed by atoms with van der Waals surface area (Å²) in [6.07, 6.45) is 2.40. The van der Waals surface area contributed by atoms with E-state index in [-0.39, 0.29) is 6.61 Å². The van der Waals surface area contributed by atoms with Crippen molar-refractivity contribution in [1.82, 2.24) is 14.8 Å². The Labute approximate surface area is 99.7 Å². The highest BCUT2D eigenvalue weighted by molar-refractivity contribution is 5.26. The Morgan fingerprint density at radius 2 is 2.12 bits per heavy atom. The van der Waals surface area contributed by atoms with Crippen molar-refractivity contribution in [2.45, 2.75) is 19.6 Å². The third kappa shape index (κ3) is 3.57. The second-order valence-corrected chi connectivity index (χ2v) is 3.90. The van der Waals surface area contributed by atoms with Crippen molar-refractivity contribution < 1.29 is 9.84 Å². The molecule has 5 heteroatoms. The molecule has 1 atom stereocenters. The molecule has 90 valence electrons. The summed E-state index contributed by atoms with van der Waals surface area (Å²) in [6.45, 7) is 2.64. The van der Waals surface area contributed by atoms with Gasteiger partial charge in [-0.25, -0.2) is 4.98 Å². The molecule has 1 unspecified atom stereocenters. The number of aliphatic hydroxyl groups excluding tert-OH is 1. The quantitative estimate of drug-likeness (QED) is 0.837. The van der Waals surface area contributed by atoms with E-state index in [1.165, 1.54) is 11.9 Å². The molecule has 17 heavy (non-hydrogen) atoms. The first-order chi connectivity index (χ1) is 8.24. The fourth-order valence-corrected chi connectivity index (χ4v) is 1.42. The van der Waals surface area contributed by atoms with Crippen LogP contribution >= 0.6 is 0 Å². The van der Waals surface area contributed by atoms with Crippen LogP contribution in [0.15, 0.2) is 36.9 Å². The minimum atomic E-state index is -0.599. The van der Waals surface area contributed by atoms with E-state index in [2.05, 4.69) is 10.1 Å². The van der Waals surface area contributed by atoms with E-state index in [4.69, 9.17) is 4.74 Å². The normalized spacial score (nSPS) is 12.4. The minimum Gasteiger partial charge on any atom is -0.491 e. The molecule has 0 fully saturated rings. The van der Waals surface area contributed by atoms with Crippen LogP contribution in [0.4, 0.5) is 0 Å². The molecule has 0 aliphatic carbocycles. The Morgan fingerprint density at radius 1 is 1.35 bits per heavy atom. The highest BCUT2D eigenvalue weighted by atomic mass is 16.5. The maximum atomic E-state index is 9.72. The molecular weight excluding hydrogens is 218 g/mol. The molecule has 0 saturated carbocycles. The van der Waals surface area contributed by atoms with Gasteiger partial charge in [0, 0.05) is 0 Å². The molecule has 1 aromatic carbocycles. The van der Waals surface area contributed by atoms with Crippen LogP contribution in [0.25, 0.3) is 0 Å². The van der Waals surface area contributed by atoms with Gasteiger partial charge in [0.25, 0.3) is 0 Å². The lowest BCUT2D eigenvalue weighted by molar-refractivity contribution is 0.0892. The van der Waals surface area contributed by atoms with E-state index >= 15 is 0 Å². The number of ether oxygens (including phenoxy) is 1. The van der Waals surface area contributed by atoms with Gasteiger partial charge in [-0.15, -0.1) is 0 Å². The second kappa shape index (κ2) is 5.45. The van der Waals surface area contributed by atoms with E-state index in [0.717, 1.165) is 5.75 Å². The molecule has 0 aliphatic heterocycles. The zero-order chi connectivity index (χ0) is 12.1. The Hall–Kier alpha value is -1.88. The molecule has 1 aromatic heterocycles. The summed E-state index contributed by atoms with van der Waals surface area (Å²) in [5, 5.41) is 13.6. The first-order valence-electron chi connectivity index (χ1n) is 5.44. The summed E-state index contributed by atoms with van der Waals surface area (Å²) in [5.41, 5.74) is 1.18. The molecular formula is C12H15N3O2. The van der Waals surface area contributed by atoms with E-state index < -0.39 is 6.10 Å². The lowest BCUT2D eigenvalue weighted by atomic mass is 10.2. The van der Waals surface area contributed by atoms with Gasteiger partial charge < -0.3 is 9.84 Å². The van der Waals surface area contributed by atoms with Crippen molar-refractivity contribution in [2.24, 2.45) is 0 Å². The average Bonchev–Trinajstić information content (AvgIpc) is 2.81. The van der Waals surface area contributed by atoms with E-state index in [0.29, 0.717) is 6.54 Å². The first kappa shape index (κ1) is 11.6. The largest absolute Gasteiger partial charge is 0.491 e. The Balaban J connectivity index is 1.79. The van der Waals surface area contributed by atoms with Crippen molar-refractivity contribution >= 4 is 0 Å². The summed E-state index contributed by atoms with van der Waals surface area (Å²) in [5.74, 6) is 0.758. The molecule has 0 radical (unpaired) electrons. The smallest absolute Gasteiger partial charge is 0.137 e. The van der Waals surface area contributed by atoms with E-state index in [1.807, 2.05) is 31.2 Å². The predicted octanol–water partition coefficient (Wildman–Crippen LogP) is 1.03. The number of aryl methyl sites for hydroxylation is 1. The zero-order valence-electron chi connectivity index (χ0n) is 9.65. The summed E-state index contributed by atoms with van der Waals surface area (Å²) in [7, 11) is 0. The van der Waals surface area contributed by atoms with Gasteiger partial charge in [0.05, 0.1) is 6.54 Å². The molecule has 1 heterocycles. The fraction of sp³-hybridized carbons (Fsp3) is 0.333. The summed E-state index contributed by atoms with van der Waals surface area (Å²) < 4.78 is 7.03. The van der Waals surface area contributed by atoms with Crippen LogP contribution in [0, 0.1) is 6.92 Å². The topological polar surface area (TPSA) is 60.2 Å². The van der Waals surface area contributed by atoms with Crippen LogP contribution < -0.4 is 4.74 Å². The summed E-state index contributed by atoms with van der Waals surface area (Å²) in [4.78, 5) is 3.80. The van der Waals surface area contributed by atoms with Crippen LogP contribution in [0.2, 0.25) is 0 Å². The highest BCUT2D eigenvalue weighted by Gasteiger charge is 2.06. The number of hydrogen-bond donors (Lipinski definition) is 1. The van der Waals surface area contributed by atoms with E-state index in [9.17, 15) is 5.11 Å². The molecule has 2 rings (SSSR count). The van der Waals surface area contributed by atoms with Crippen LogP contribution in [0.1, 0.15) is 5.56 Å². The summed E-state index contributed by atoms with van der Waals surface area (Å²) in [6, 6.07) is 7.72. The molecule has 2 aromatic rings. The third-order valence-corrected chi connectivity index (χ3v) is 2.33. The number of rotatable bonds is 5. The van der Waals surface area contributed by atoms with Crippen LogP contribution in [-0.2, 0) is 6.54 Å². The van der Waals surface area contributed by atoms with Gasteiger partial charge in [0.2, 0.25) is 0 Å². The average molecular weight is 233 g/mol. The number of benzene rings is 1. The van der Waals surface area contributed by atoms with Gasteiger partial charge >= 0.3 is 0 Å². The molecule has 0 amide bonds. The maximum Gasteiger partial charge on any atom is 0.137 e. The Morgan fingerprint density at radius 3 is 2.76 bits per heavy atom. The summed E-state index contributed by atoms with van der Waals surface area (Å²) >= 11 is 0. The van der Waals surface area contributed by atoms with Gasteiger partial charge in [-0.2, -0.15) is 5.10 Å².